The first kappa shape index (κ1) is 15.5. The number of aromatic nitrogens is 4. The maximum atomic E-state index is 13.2. The molecule has 5 rings (SSSR count). The predicted molar refractivity (Wildman–Crippen MR) is 90.7 cm³/mol. The van der Waals surface area contributed by atoms with E-state index in [1.165, 1.54) is 0 Å². The molecule has 2 fully saturated rings. The van der Waals surface area contributed by atoms with E-state index in [4.69, 9.17) is 9.26 Å². The highest BCUT2D eigenvalue weighted by Crippen LogP contribution is 2.39. The Kier molecular flexibility index (Phi) is 3.53. The van der Waals surface area contributed by atoms with Crippen LogP contribution in [0.2, 0.25) is 0 Å². The minimum absolute atomic E-state index is 0.153. The second-order valence-electron chi connectivity index (χ2n) is 6.88. The number of ether oxygens (including phenoxy) is 1. The molecule has 134 valence electrons. The number of hydrogen-bond donors (Lipinski definition) is 0. The molecule has 1 aliphatic carbocycles. The van der Waals surface area contributed by atoms with Crippen molar-refractivity contribution in [3.63, 3.8) is 0 Å². The molecule has 2 atom stereocenters. The van der Waals surface area contributed by atoms with Gasteiger partial charge in [0, 0.05) is 24.9 Å². The third kappa shape index (κ3) is 2.57. The van der Waals surface area contributed by atoms with Gasteiger partial charge in [-0.1, -0.05) is 11.2 Å². The first-order valence-electron chi connectivity index (χ1n) is 8.90. The number of rotatable bonds is 3. The van der Waals surface area contributed by atoms with Crippen molar-refractivity contribution in [3.8, 4) is 0 Å². The monoisotopic (exact) mass is 353 g/mol. The van der Waals surface area contributed by atoms with Gasteiger partial charge in [0.1, 0.15) is 17.4 Å². The van der Waals surface area contributed by atoms with E-state index in [2.05, 4.69) is 15.1 Å². The van der Waals surface area contributed by atoms with Crippen molar-refractivity contribution in [2.24, 2.45) is 0 Å². The lowest BCUT2D eigenvalue weighted by Gasteiger charge is -2.37. The van der Waals surface area contributed by atoms with Crippen LogP contribution in [0.1, 0.15) is 53.9 Å². The molecule has 2 aliphatic rings. The highest BCUT2D eigenvalue weighted by molar-refractivity contribution is 5.93. The molecular formula is C18H19N5O3. The van der Waals surface area contributed by atoms with Crippen LogP contribution in [0.15, 0.2) is 35.1 Å². The van der Waals surface area contributed by atoms with E-state index in [1.807, 2.05) is 35.7 Å². The number of amides is 1. The first-order valence-corrected chi connectivity index (χ1v) is 8.90. The zero-order valence-electron chi connectivity index (χ0n) is 14.4. The molecule has 8 nitrogen and oxygen atoms in total. The molecule has 0 bridgehead atoms. The van der Waals surface area contributed by atoms with E-state index >= 15 is 0 Å². The number of carbonyl (C=O) groups excluding carboxylic acids is 1. The van der Waals surface area contributed by atoms with E-state index in [9.17, 15) is 4.79 Å². The lowest BCUT2D eigenvalue weighted by atomic mass is 10.1. The van der Waals surface area contributed by atoms with Crippen LogP contribution in [0.3, 0.4) is 0 Å². The van der Waals surface area contributed by atoms with Gasteiger partial charge < -0.3 is 18.6 Å². The van der Waals surface area contributed by atoms with Gasteiger partial charge in [0.25, 0.3) is 11.8 Å². The SMILES string of the molecule is C[C@H]1OCCN(C(=O)c2cn3ccccc3n2)[C@@H]1c1nc(C2CC2)no1. The van der Waals surface area contributed by atoms with Crippen molar-refractivity contribution in [1.82, 2.24) is 24.4 Å². The van der Waals surface area contributed by atoms with Gasteiger partial charge in [-0.2, -0.15) is 4.98 Å². The fourth-order valence-corrected chi connectivity index (χ4v) is 3.44. The summed E-state index contributed by atoms with van der Waals surface area (Å²) in [4.78, 5) is 23.9. The summed E-state index contributed by atoms with van der Waals surface area (Å²) in [6.45, 7) is 2.86. The second kappa shape index (κ2) is 5.91. The van der Waals surface area contributed by atoms with Crippen molar-refractivity contribution >= 4 is 11.6 Å². The van der Waals surface area contributed by atoms with Gasteiger partial charge in [-0.25, -0.2) is 4.98 Å². The summed E-state index contributed by atoms with van der Waals surface area (Å²) in [5, 5.41) is 4.09. The summed E-state index contributed by atoms with van der Waals surface area (Å²) in [5.41, 5.74) is 1.14. The number of fused-ring (bicyclic) bond motifs is 1. The van der Waals surface area contributed by atoms with Gasteiger partial charge in [0.15, 0.2) is 5.82 Å². The largest absolute Gasteiger partial charge is 0.374 e. The Balaban J connectivity index is 1.48. The highest BCUT2D eigenvalue weighted by Gasteiger charge is 2.40. The standard InChI is InChI=1S/C18H19N5O3/c1-11-15(17-20-16(21-26-17)12-5-6-12)23(8-9-25-11)18(24)13-10-22-7-3-2-4-14(22)19-13/h2-4,7,10-12,15H,5-6,8-9H2,1H3/t11-,15+/m1/s1. The van der Waals surface area contributed by atoms with Gasteiger partial charge in [-0.15, -0.1) is 0 Å². The molecule has 1 amide bonds. The third-order valence-electron chi connectivity index (χ3n) is 4.99. The Morgan fingerprint density at radius 3 is 2.96 bits per heavy atom. The second-order valence-corrected chi connectivity index (χ2v) is 6.88. The van der Waals surface area contributed by atoms with Crippen LogP contribution < -0.4 is 0 Å². The average molecular weight is 353 g/mol. The van der Waals surface area contributed by atoms with Crippen molar-refractivity contribution in [2.75, 3.05) is 13.2 Å². The molecule has 4 heterocycles. The van der Waals surface area contributed by atoms with Crippen molar-refractivity contribution in [3.05, 3.63) is 48.0 Å². The smallest absolute Gasteiger partial charge is 0.274 e. The Bertz CT molecular complexity index is 928. The zero-order valence-corrected chi connectivity index (χ0v) is 14.4. The summed E-state index contributed by atoms with van der Waals surface area (Å²) >= 11 is 0. The molecule has 3 aromatic rings. The number of morpholine rings is 1. The Hall–Kier alpha value is -2.74. The molecule has 26 heavy (non-hydrogen) atoms. The lowest BCUT2D eigenvalue weighted by Crippen LogP contribution is -2.47. The van der Waals surface area contributed by atoms with Crippen molar-refractivity contribution in [2.45, 2.75) is 37.8 Å². The summed E-state index contributed by atoms with van der Waals surface area (Å²) in [6, 6.07) is 5.27. The van der Waals surface area contributed by atoms with Gasteiger partial charge in [-0.05, 0) is 31.9 Å². The van der Waals surface area contributed by atoms with Crippen LogP contribution >= 0.6 is 0 Å². The predicted octanol–water partition coefficient (Wildman–Crippen LogP) is 2.20. The van der Waals surface area contributed by atoms with E-state index in [0.717, 1.165) is 24.3 Å². The molecule has 1 saturated heterocycles. The fraction of sp³-hybridized carbons (Fsp3) is 0.444. The molecule has 1 aliphatic heterocycles. The Morgan fingerprint density at radius 1 is 1.27 bits per heavy atom. The maximum absolute atomic E-state index is 13.2. The maximum Gasteiger partial charge on any atom is 0.274 e. The Morgan fingerprint density at radius 2 is 2.15 bits per heavy atom. The molecule has 1 saturated carbocycles. The van der Waals surface area contributed by atoms with E-state index in [-0.39, 0.29) is 12.0 Å². The minimum Gasteiger partial charge on any atom is -0.374 e. The number of nitrogens with zero attached hydrogens (tertiary/aromatic N) is 5. The van der Waals surface area contributed by atoms with Gasteiger partial charge in [0.05, 0.1) is 12.7 Å². The quantitative estimate of drug-likeness (QED) is 0.717. The molecule has 0 radical (unpaired) electrons. The van der Waals surface area contributed by atoms with E-state index in [0.29, 0.717) is 30.7 Å². The van der Waals surface area contributed by atoms with E-state index in [1.54, 1.807) is 11.1 Å². The summed E-state index contributed by atoms with van der Waals surface area (Å²) in [6.07, 6.45) is 5.59. The highest BCUT2D eigenvalue weighted by atomic mass is 16.5. The third-order valence-corrected chi connectivity index (χ3v) is 4.99. The number of imidazole rings is 1. The van der Waals surface area contributed by atoms with E-state index < -0.39 is 6.04 Å². The van der Waals surface area contributed by atoms with Gasteiger partial charge in [0.2, 0.25) is 0 Å². The van der Waals surface area contributed by atoms with Crippen LogP contribution in [0.25, 0.3) is 5.65 Å². The fourth-order valence-electron chi connectivity index (χ4n) is 3.44. The molecular weight excluding hydrogens is 334 g/mol. The zero-order chi connectivity index (χ0) is 17.7. The van der Waals surface area contributed by atoms with Crippen molar-refractivity contribution in [1.29, 1.82) is 0 Å². The molecule has 0 aromatic carbocycles. The first-order chi connectivity index (χ1) is 12.7. The average Bonchev–Trinajstić information content (AvgIpc) is 3.23. The Labute approximate surface area is 149 Å². The molecule has 0 unspecified atom stereocenters. The van der Waals surface area contributed by atoms with Crippen LogP contribution in [0.4, 0.5) is 0 Å². The summed E-state index contributed by atoms with van der Waals surface area (Å²) < 4.78 is 13.1. The normalized spacial score (nSPS) is 23.5. The van der Waals surface area contributed by atoms with Crippen LogP contribution in [0.5, 0.6) is 0 Å². The van der Waals surface area contributed by atoms with Crippen LogP contribution in [-0.2, 0) is 4.74 Å². The lowest BCUT2D eigenvalue weighted by molar-refractivity contribution is -0.0602. The van der Waals surface area contributed by atoms with Crippen LogP contribution in [0, 0.1) is 0 Å². The number of pyridine rings is 1. The van der Waals surface area contributed by atoms with Crippen LogP contribution in [-0.4, -0.2) is 49.6 Å². The summed E-state index contributed by atoms with van der Waals surface area (Å²) in [7, 11) is 0. The molecule has 3 aromatic heterocycles. The van der Waals surface area contributed by atoms with Crippen molar-refractivity contribution < 1.29 is 14.1 Å². The topological polar surface area (TPSA) is 85.8 Å². The number of hydrogen-bond acceptors (Lipinski definition) is 6. The molecule has 8 heteroatoms. The number of carbonyl (C=O) groups is 1. The minimum atomic E-state index is -0.402. The molecule has 0 N–H and O–H groups in total. The molecule has 0 spiro atoms. The van der Waals surface area contributed by atoms with Gasteiger partial charge in [-0.3, -0.25) is 4.79 Å². The summed E-state index contributed by atoms with van der Waals surface area (Å²) in [5.74, 6) is 1.42. The van der Waals surface area contributed by atoms with Gasteiger partial charge >= 0.3 is 0 Å².